The Balaban J connectivity index is 2.95. The van der Waals surface area contributed by atoms with Crippen LogP contribution in [0.1, 0.15) is 22.3 Å². The summed E-state index contributed by atoms with van der Waals surface area (Å²) in [5.41, 5.74) is 4.86. The van der Waals surface area contributed by atoms with Gasteiger partial charge in [-0.1, -0.05) is 12.1 Å². The number of hydrogen-bond donors (Lipinski definition) is 0. The summed E-state index contributed by atoms with van der Waals surface area (Å²) >= 11 is 5.39. The van der Waals surface area contributed by atoms with Gasteiger partial charge in [-0.15, -0.1) is 0 Å². The third kappa shape index (κ3) is 2.96. The van der Waals surface area contributed by atoms with Crippen LogP contribution < -0.4 is 0 Å². The number of carbonyl (C=O) groups is 1. The van der Waals surface area contributed by atoms with Crippen LogP contribution in [0.5, 0.6) is 0 Å². The van der Waals surface area contributed by atoms with Crippen LogP contribution in [0, 0.1) is 20.8 Å². The van der Waals surface area contributed by atoms with E-state index in [-0.39, 0.29) is 0 Å². The largest absolute Gasteiger partial charge is 0.328 e. The van der Waals surface area contributed by atoms with Gasteiger partial charge in [0.15, 0.2) is 0 Å². The van der Waals surface area contributed by atoms with Gasteiger partial charge in [-0.05, 0) is 54.6 Å². The molecule has 2 nitrogen and oxygen atoms in total. The van der Waals surface area contributed by atoms with Crippen molar-refractivity contribution in [3.05, 3.63) is 34.4 Å². The number of hydrogen-bond acceptors (Lipinski definition) is 1. The van der Waals surface area contributed by atoms with Gasteiger partial charge in [0, 0.05) is 13.6 Å². The first-order chi connectivity index (χ1) is 6.91. The van der Waals surface area contributed by atoms with Crippen LogP contribution >= 0.6 is 11.6 Å². The summed E-state index contributed by atoms with van der Waals surface area (Å²) in [6.07, 6.45) is 0. The first kappa shape index (κ1) is 12.1. The van der Waals surface area contributed by atoms with Gasteiger partial charge in [0.05, 0.1) is 0 Å². The van der Waals surface area contributed by atoms with E-state index in [0.717, 1.165) is 5.56 Å². The summed E-state index contributed by atoms with van der Waals surface area (Å²) in [5, 5.41) is -0.423. The standard InChI is InChI=1S/C12H16ClNO/c1-8-5-10(3)11(6-9(8)2)7-14(4)12(13)15/h5-6H,7H2,1-4H3. The molecule has 82 valence electrons. The molecule has 0 radical (unpaired) electrons. The van der Waals surface area contributed by atoms with Crippen molar-refractivity contribution in [3.8, 4) is 0 Å². The number of amides is 1. The number of carbonyl (C=O) groups excluding carboxylic acids is 1. The summed E-state index contributed by atoms with van der Waals surface area (Å²) in [5.74, 6) is 0. The van der Waals surface area contributed by atoms with Gasteiger partial charge in [0.2, 0.25) is 0 Å². The maximum absolute atomic E-state index is 10.9. The normalized spacial score (nSPS) is 10.2. The molecular weight excluding hydrogens is 210 g/mol. The molecule has 1 rings (SSSR count). The number of halogens is 1. The average Bonchev–Trinajstić information content (AvgIpc) is 2.13. The summed E-state index contributed by atoms with van der Waals surface area (Å²) in [7, 11) is 1.70. The van der Waals surface area contributed by atoms with Crippen LogP contribution in [0.15, 0.2) is 12.1 Å². The quantitative estimate of drug-likeness (QED) is 0.558. The molecule has 0 aromatic heterocycles. The SMILES string of the molecule is Cc1cc(C)c(CN(C)C(=O)Cl)cc1C. The zero-order valence-corrected chi connectivity index (χ0v) is 10.4. The number of nitrogens with zero attached hydrogens (tertiary/aromatic N) is 1. The van der Waals surface area contributed by atoms with Crippen molar-refractivity contribution in [3.63, 3.8) is 0 Å². The minimum Gasteiger partial charge on any atom is -0.328 e. The fraction of sp³-hybridized carbons (Fsp3) is 0.417. The lowest BCUT2D eigenvalue weighted by atomic mass is 10.0. The van der Waals surface area contributed by atoms with Crippen LogP contribution in [-0.4, -0.2) is 17.3 Å². The van der Waals surface area contributed by atoms with Gasteiger partial charge >= 0.3 is 5.37 Å². The molecule has 0 fully saturated rings. The van der Waals surface area contributed by atoms with Gasteiger partial charge in [-0.3, -0.25) is 4.79 Å². The summed E-state index contributed by atoms with van der Waals surface area (Å²) in [4.78, 5) is 12.4. The van der Waals surface area contributed by atoms with Crippen molar-refractivity contribution in [1.29, 1.82) is 0 Å². The molecule has 0 heterocycles. The van der Waals surface area contributed by atoms with Crippen LogP contribution in [0.4, 0.5) is 4.79 Å². The molecule has 1 aromatic carbocycles. The van der Waals surface area contributed by atoms with E-state index in [0.29, 0.717) is 6.54 Å². The zero-order valence-electron chi connectivity index (χ0n) is 9.60. The second-order valence-electron chi connectivity index (χ2n) is 3.97. The molecule has 0 N–H and O–H groups in total. The molecule has 3 heteroatoms. The fourth-order valence-electron chi connectivity index (χ4n) is 1.51. The highest BCUT2D eigenvalue weighted by Crippen LogP contribution is 2.17. The Bertz CT molecular complexity index is 387. The zero-order chi connectivity index (χ0) is 11.6. The summed E-state index contributed by atoms with van der Waals surface area (Å²) in [6.45, 7) is 6.77. The van der Waals surface area contributed by atoms with Gasteiger partial charge in [-0.2, -0.15) is 0 Å². The minimum atomic E-state index is -0.423. The highest BCUT2D eigenvalue weighted by Gasteiger charge is 2.08. The molecule has 0 bridgehead atoms. The molecule has 0 aliphatic carbocycles. The highest BCUT2D eigenvalue weighted by molar-refractivity contribution is 6.62. The Hall–Kier alpha value is -1.02. The Kier molecular flexibility index (Phi) is 3.75. The summed E-state index contributed by atoms with van der Waals surface area (Å²) in [6, 6.07) is 4.25. The van der Waals surface area contributed by atoms with Crippen molar-refractivity contribution in [2.75, 3.05) is 7.05 Å². The molecule has 0 spiro atoms. The van der Waals surface area contributed by atoms with Crippen LogP contribution in [0.2, 0.25) is 0 Å². The van der Waals surface area contributed by atoms with E-state index in [1.807, 2.05) is 6.92 Å². The molecule has 0 atom stereocenters. The summed E-state index contributed by atoms with van der Waals surface area (Å²) < 4.78 is 0. The topological polar surface area (TPSA) is 20.3 Å². The molecular formula is C12H16ClNO. The first-order valence-electron chi connectivity index (χ1n) is 4.89. The van der Waals surface area contributed by atoms with Crippen LogP contribution in [0.3, 0.4) is 0 Å². The van der Waals surface area contributed by atoms with E-state index in [1.165, 1.54) is 21.6 Å². The van der Waals surface area contributed by atoms with Crippen molar-refractivity contribution >= 4 is 17.0 Å². The number of rotatable bonds is 2. The maximum atomic E-state index is 10.9. The monoisotopic (exact) mass is 225 g/mol. The molecule has 1 aromatic rings. The van der Waals surface area contributed by atoms with Gasteiger partial charge < -0.3 is 4.90 Å². The number of benzene rings is 1. The Morgan fingerprint density at radius 3 is 2.27 bits per heavy atom. The smallest absolute Gasteiger partial charge is 0.316 e. The van der Waals surface area contributed by atoms with E-state index < -0.39 is 5.37 Å². The maximum Gasteiger partial charge on any atom is 0.316 e. The van der Waals surface area contributed by atoms with Crippen molar-refractivity contribution in [2.45, 2.75) is 27.3 Å². The van der Waals surface area contributed by atoms with Gasteiger partial charge in [0.25, 0.3) is 0 Å². The third-order valence-electron chi connectivity index (χ3n) is 2.66. The number of aryl methyl sites for hydroxylation is 3. The Morgan fingerprint density at radius 1 is 1.20 bits per heavy atom. The van der Waals surface area contributed by atoms with Crippen molar-refractivity contribution in [1.82, 2.24) is 4.90 Å². The first-order valence-corrected chi connectivity index (χ1v) is 5.27. The average molecular weight is 226 g/mol. The molecule has 0 aliphatic rings. The second kappa shape index (κ2) is 4.67. The Labute approximate surface area is 95.8 Å². The van der Waals surface area contributed by atoms with E-state index in [4.69, 9.17) is 11.6 Å². The van der Waals surface area contributed by atoms with E-state index in [1.54, 1.807) is 7.05 Å². The molecule has 0 aliphatic heterocycles. The molecule has 0 saturated carbocycles. The molecule has 0 saturated heterocycles. The van der Waals surface area contributed by atoms with Gasteiger partial charge in [-0.25, -0.2) is 0 Å². The predicted molar refractivity (Wildman–Crippen MR) is 63.4 cm³/mol. The lowest BCUT2D eigenvalue weighted by molar-refractivity contribution is 0.230. The highest BCUT2D eigenvalue weighted by atomic mass is 35.5. The molecule has 0 unspecified atom stereocenters. The predicted octanol–water partition coefficient (Wildman–Crippen LogP) is 3.40. The van der Waals surface area contributed by atoms with Crippen LogP contribution in [0.25, 0.3) is 0 Å². The Morgan fingerprint density at radius 2 is 1.73 bits per heavy atom. The lowest BCUT2D eigenvalue weighted by Crippen LogP contribution is -2.20. The van der Waals surface area contributed by atoms with E-state index in [2.05, 4.69) is 26.0 Å². The minimum absolute atomic E-state index is 0.423. The molecule has 1 amide bonds. The fourth-order valence-corrected chi connectivity index (χ4v) is 1.57. The molecule has 15 heavy (non-hydrogen) atoms. The van der Waals surface area contributed by atoms with Crippen LogP contribution in [-0.2, 0) is 6.54 Å². The van der Waals surface area contributed by atoms with E-state index in [9.17, 15) is 4.79 Å². The third-order valence-corrected chi connectivity index (χ3v) is 2.95. The van der Waals surface area contributed by atoms with Gasteiger partial charge in [0.1, 0.15) is 0 Å². The van der Waals surface area contributed by atoms with Crippen molar-refractivity contribution in [2.24, 2.45) is 0 Å². The van der Waals surface area contributed by atoms with Crippen molar-refractivity contribution < 1.29 is 4.79 Å². The lowest BCUT2D eigenvalue weighted by Gasteiger charge is -2.16. The van der Waals surface area contributed by atoms with E-state index >= 15 is 0 Å². The second-order valence-corrected chi connectivity index (χ2v) is 4.30.